The van der Waals surface area contributed by atoms with E-state index in [4.69, 9.17) is 9.47 Å². The molecule has 1 spiro atoms. The number of benzene rings is 2. The molecule has 2 fully saturated rings. The number of aliphatic hydroxyl groups is 1. The second-order valence-corrected chi connectivity index (χ2v) is 9.98. The van der Waals surface area contributed by atoms with Gasteiger partial charge in [0.25, 0.3) is 17.6 Å². The van der Waals surface area contributed by atoms with Gasteiger partial charge in [0, 0.05) is 43.9 Å². The number of amides is 2. The van der Waals surface area contributed by atoms with Crippen LogP contribution in [0.15, 0.2) is 73.3 Å². The first kappa shape index (κ1) is 27.4. The van der Waals surface area contributed by atoms with Crippen LogP contribution in [0.25, 0.3) is 5.76 Å². The molecule has 9 heteroatoms. The van der Waals surface area contributed by atoms with Crippen molar-refractivity contribution in [3.63, 3.8) is 0 Å². The van der Waals surface area contributed by atoms with E-state index in [0.717, 1.165) is 0 Å². The molecular formula is C31H33N3O6. The predicted octanol–water partition coefficient (Wildman–Crippen LogP) is 3.00. The molecule has 0 aromatic heterocycles. The highest BCUT2D eigenvalue weighted by Crippen LogP contribution is 2.53. The summed E-state index contributed by atoms with van der Waals surface area (Å²) in [5, 5.41) is 11.7. The molecule has 0 radical (unpaired) electrons. The van der Waals surface area contributed by atoms with E-state index in [1.807, 2.05) is 6.92 Å². The number of carbonyl (C=O) groups is 3. The molecule has 2 aromatic carbocycles. The lowest BCUT2D eigenvalue weighted by Crippen LogP contribution is -2.54. The van der Waals surface area contributed by atoms with Crippen LogP contribution in [0.3, 0.4) is 0 Å². The molecule has 2 amide bonds. The number of aryl methyl sites for hydroxylation is 1. The first-order valence-electron chi connectivity index (χ1n) is 13.3. The van der Waals surface area contributed by atoms with E-state index in [0.29, 0.717) is 67.6 Å². The third kappa shape index (κ3) is 4.31. The molecule has 3 aliphatic heterocycles. The number of rotatable bonds is 9. The maximum atomic E-state index is 14.4. The van der Waals surface area contributed by atoms with Gasteiger partial charge in [-0.25, -0.2) is 0 Å². The normalized spacial score (nSPS) is 22.2. The highest BCUT2D eigenvalue weighted by molar-refractivity contribution is 6.50. The van der Waals surface area contributed by atoms with E-state index < -0.39 is 28.9 Å². The Morgan fingerprint density at radius 3 is 2.52 bits per heavy atom. The number of anilines is 1. The van der Waals surface area contributed by atoms with Crippen molar-refractivity contribution in [1.82, 2.24) is 9.80 Å². The lowest BCUT2D eigenvalue weighted by Gasteiger charge is -2.36. The standard InChI is InChI=1S/C31H33N3O6/c1-4-12-33-24-9-7-6-8-23(24)31(30(33)38)26(27(35)22-10-11-25(21(3)20-22)40-17-5-2)28(36)29(37)34(31)14-13-32-15-18-39-19-16-32/h4-11,20,35H,1-2,12-19H2,3H3. The first-order valence-corrected chi connectivity index (χ1v) is 13.3. The van der Waals surface area contributed by atoms with E-state index in [-0.39, 0.29) is 18.7 Å². The Kier molecular flexibility index (Phi) is 7.60. The number of Topliss-reactive ketones (excluding diaryl/α,β-unsaturated/α-hetero) is 1. The van der Waals surface area contributed by atoms with Crippen molar-refractivity contribution >= 4 is 29.0 Å². The summed E-state index contributed by atoms with van der Waals surface area (Å²) < 4.78 is 11.1. The molecule has 0 bridgehead atoms. The van der Waals surface area contributed by atoms with Gasteiger partial charge >= 0.3 is 0 Å². The minimum Gasteiger partial charge on any atom is -0.507 e. The van der Waals surface area contributed by atoms with Gasteiger partial charge in [0.15, 0.2) is 5.54 Å². The molecule has 5 rings (SSSR count). The topological polar surface area (TPSA) is 99.6 Å². The average molecular weight is 544 g/mol. The van der Waals surface area contributed by atoms with Crippen molar-refractivity contribution in [2.75, 3.05) is 57.4 Å². The Balaban J connectivity index is 1.68. The van der Waals surface area contributed by atoms with Crippen LogP contribution in [0.2, 0.25) is 0 Å². The van der Waals surface area contributed by atoms with Gasteiger partial charge in [-0.2, -0.15) is 0 Å². The van der Waals surface area contributed by atoms with Crippen LogP contribution in [0.5, 0.6) is 5.75 Å². The zero-order valence-electron chi connectivity index (χ0n) is 22.6. The summed E-state index contributed by atoms with van der Waals surface area (Å²) in [6.07, 6.45) is 3.22. The highest BCUT2D eigenvalue weighted by atomic mass is 16.5. The smallest absolute Gasteiger partial charge is 0.296 e. The van der Waals surface area contributed by atoms with Crippen LogP contribution < -0.4 is 9.64 Å². The summed E-state index contributed by atoms with van der Waals surface area (Å²) in [5.41, 5.74) is 0.0287. The third-order valence-corrected chi connectivity index (χ3v) is 7.67. The number of aliphatic hydroxyl groups excluding tert-OH is 1. The molecule has 1 atom stereocenters. The van der Waals surface area contributed by atoms with Crippen LogP contribution in [-0.4, -0.2) is 85.0 Å². The Labute approximate surface area is 233 Å². The molecule has 40 heavy (non-hydrogen) atoms. The van der Waals surface area contributed by atoms with Crippen LogP contribution >= 0.6 is 0 Å². The maximum absolute atomic E-state index is 14.4. The zero-order valence-corrected chi connectivity index (χ0v) is 22.6. The summed E-state index contributed by atoms with van der Waals surface area (Å²) >= 11 is 0. The lowest BCUT2D eigenvalue weighted by molar-refractivity contribution is -0.144. The highest BCUT2D eigenvalue weighted by Gasteiger charge is 2.66. The third-order valence-electron chi connectivity index (χ3n) is 7.67. The molecule has 2 aromatic rings. The molecule has 1 unspecified atom stereocenters. The Hall–Kier alpha value is -4.21. The summed E-state index contributed by atoms with van der Waals surface area (Å²) in [6.45, 7) is 12.8. The Morgan fingerprint density at radius 1 is 1.07 bits per heavy atom. The number of nitrogens with zero attached hydrogens (tertiary/aromatic N) is 3. The number of morpholine rings is 1. The zero-order chi connectivity index (χ0) is 28.4. The lowest BCUT2D eigenvalue weighted by atomic mass is 9.81. The second kappa shape index (κ2) is 11.1. The second-order valence-electron chi connectivity index (χ2n) is 9.98. The number of fused-ring (bicyclic) bond motifs is 2. The van der Waals surface area contributed by atoms with E-state index >= 15 is 0 Å². The number of ether oxygens (including phenoxy) is 2. The number of para-hydroxylation sites is 1. The molecule has 1 N–H and O–H groups in total. The van der Waals surface area contributed by atoms with Gasteiger partial charge in [0.05, 0.1) is 24.5 Å². The van der Waals surface area contributed by atoms with Crippen LogP contribution in [0.4, 0.5) is 5.69 Å². The van der Waals surface area contributed by atoms with Gasteiger partial charge in [-0.1, -0.05) is 36.9 Å². The van der Waals surface area contributed by atoms with Crippen molar-refractivity contribution in [3.8, 4) is 5.75 Å². The van der Waals surface area contributed by atoms with Gasteiger partial charge in [0.1, 0.15) is 18.1 Å². The van der Waals surface area contributed by atoms with Gasteiger partial charge in [-0.3, -0.25) is 19.3 Å². The number of hydrogen-bond donors (Lipinski definition) is 1. The minimum atomic E-state index is -1.81. The van der Waals surface area contributed by atoms with Gasteiger partial charge in [-0.15, -0.1) is 6.58 Å². The number of carbonyl (C=O) groups excluding carboxylic acids is 3. The average Bonchev–Trinajstić information content (AvgIpc) is 3.34. The van der Waals surface area contributed by atoms with Crippen molar-refractivity contribution in [2.24, 2.45) is 0 Å². The van der Waals surface area contributed by atoms with E-state index in [9.17, 15) is 19.5 Å². The van der Waals surface area contributed by atoms with Crippen molar-refractivity contribution in [1.29, 1.82) is 0 Å². The number of hydrogen-bond acceptors (Lipinski definition) is 7. The summed E-state index contributed by atoms with van der Waals surface area (Å²) in [7, 11) is 0. The molecule has 0 aliphatic carbocycles. The fourth-order valence-corrected chi connectivity index (χ4v) is 5.79. The predicted molar refractivity (Wildman–Crippen MR) is 151 cm³/mol. The molecule has 2 saturated heterocycles. The summed E-state index contributed by atoms with van der Waals surface area (Å²) in [4.78, 5) is 46.9. The van der Waals surface area contributed by atoms with E-state index in [1.165, 1.54) is 9.80 Å². The largest absolute Gasteiger partial charge is 0.507 e. The van der Waals surface area contributed by atoms with Crippen molar-refractivity contribution in [3.05, 3.63) is 90.0 Å². The van der Waals surface area contributed by atoms with Gasteiger partial charge < -0.3 is 24.4 Å². The molecular weight excluding hydrogens is 510 g/mol. The van der Waals surface area contributed by atoms with Crippen LogP contribution in [0.1, 0.15) is 16.7 Å². The van der Waals surface area contributed by atoms with Crippen LogP contribution in [-0.2, 0) is 24.7 Å². The fourth-order valence-electron chi connectivity index (χ4n) is 5.79. The minimum absolute atomic E-state index is 0.122. The van der Waals surface area contributed by atoms with Gasteiger partial charge in [0.2, 0.25) is 0 Å². The van der Waals surface area contributed by atoms with E-state index in [2.05, 4.69) is 18.1 Å². The molecule has 0 saturated carbocycles. The quantitative estimate of drug-likeness (QED) is 0.225. The van der Waals surface area contributed by atoms with Crippen LogP contribution in [0, 0.1) is 6.92 Å². The number of likely N-dealkylation sites (tertiary alicyclic amines) is 1. The van der Waals surface area contributed by atoms with Crippen molar-refractivity contribution < 1.29 is 29.0 Å². The summed E-state index contributed by atoms with van der Waals surface area (Å²) in [6, 6.07) is 12.1. The fraction of sp³-hybridized carbons (Fsp3) is 0.323. The first-order chi connectivity index (χ1) is 19.4. The van der Waals surface area contributed by atoms with E-state index in [1.54, 1.807) is 54.6 Å². The monoisotopic (exact) mass is 543 g/mol. The van der Waals surface area contributed by atoms with Crippen molar-refractivity contribution in [2.45, 2.75) is 12.5 Å². The Morgan fingerprint density at radius 2 is 1.82 bits per heavy atom. The molecule has 208 valence electrons. The SMILES string of the molecule is C=CCOc1ccc(C(O)=C2C(=O)C(=O)N(CCN3CCOCC3)C23C(=O)N(CC=C)c2ccccc23)cc1C. The molecule has 3 aliphatic rings. The molecule has 9 nitrogen and oxygen atoms in total. The maximum Gasteiger partial charge on any atom is 0.296 e. The number of ketones is 1. The molecule has 3 heterocycles. The summed E-state index contributed by atoms with van der Waals surface area (Å²) in [5.74, 6) is -2.00. The van der Waals surface area contributed by atoms with Gasteiger partial charge in [-0.05, 0) is 36.8 Å². The Bertz CT molecular complexity index is 1410.